The second-order valence-electron chi connectivity index (χ2n) is 5.43. The van der Waals surface area contributed by atoms with E-state index in [2.05, 4.69) is 41.4 Å². The first kappa shape index (κ1) is 18.0. The van der Waals surface area contributed by atoms with Gasteiger partial charge in [0.1, 0.15) is 6.10 Å². The van der Waals surface area contributed by atoms with Crippen LogP contribution in [0.5, 0.6) is 0 Å². The third-order valence-corrected chi connectivity index (χ3v) is 4.10. The minimum Gasteiger partial charge on any atom is -0.383 e. The average Bonchev–Trinajstić information content (AvgIpc) is 2.46. The SMILES string of the molecule is CSCC[C@H](O)C(=O)NC[C@H](c1ccc(C)cc1)N(C)C. The predicted molar refractivity (Wildman–Crippen MR) is 89.6 cm³/mol. The number of hydrogen-bond donors (Lipinski definition) is 2. The van der Waals surface area contributed by atoms with Gasteiger partial charge in [-0.15, -0.1) is 0 Å². The normalized spacial score (nSPS) is 14.0. The predicted octanol–water partition coefficient (Wildman–Crippen LogP) is 1.83. The van der Waals surface area contributed by atoms with Crippen LogP contribution in [0.3, 0.4) is 0 Å². The van der Waals surface area contributed by atoms with Gasteiger partial charge in [-0.25, -0.2) is 0 Å². The number of aryl methyl sites for hydroxylation is 1. The summed E-state index contributed by atoms with van der Waals surface area (Å²) in [6.45, 7) is 2.55. The van der Waals surface area contributed by atoms with E-state index in [1.54, 1.807) is 11.8 Å². The molecule has 1 rings (SSSR count). The van der Waals surface area contributed by atoms with Gasteiger partial charge in [0.05, 0.1) is 6.04 Å². The standard InChI is InChI=1S/C16H26N2O2S/c1-12-5-7-13(8-6-12)14(18(2)3)11-17-16(20)15(19)9-10-21-4/h5-8,14-15,19H,9-11H2,1-4H3,(H,17,20)/t14-,15+/m1/s1. The van der Waals surface area contributed by atoms with E-state index in [4.69, 9.17) is 0 Å². The summed E-state index contributed by atoms with van der Waals surface area (Å²) in [6.07, 6.45) is 1.53. The van der Waals surface area contributed by atoms with Crippen LogP contribution in [0.25, 0.3) is 0 Å². The lowest BCUT2D eigenvalue weighted by Gasteiger charge is -2.25. The minimum absolute atomic E-state index is 0.0994. The molecular formula is C16H26N2O2S. The fraction of sp³-hybridized carbons (Fsp3) is 0.562. The lowest BCUT2D eigenvalue weighted by Crippen LogP contribution is -2.40. The molecule has 0 unspecified atom stereocenters. The Hall–Kier alpha value is -1.04. The van der Waals surface area contributed by atoms with Crippen LogP contribution in [0.15, 0.2) is 24.3 Å². The molecule has 0 radical (unpaired) electrons. The summed E-state index contributed by atoms with van der Waals surface area (Å²) in [7, 11) is 3.97. The number of nitrogens with zero attached hydrogens (tertiary/aromatic N) is 1. The number of benzene rings is 1. The summed E-state index contributed by atoms with van der Waals surface area (Å²) in [5.74, 6) is 0.493. The molecule has 0 heterocycles. The second kappa shape index (κ2) is 9.07. The summed E-state index contributed by atoms with van der Waals surface area (Å²) >= 11 is 1.63. The molecule has 0 aromatic heterocycles. The highest BCUT2D eigenvalue weighted by atomic mass is 32.2. The molecule has 118 valence electrons. The van der Waals surface area contributed by atoms with Crippen molar-refractivity contribution in [2.75, 3.05) is 32.6 Å². The van der Waals surface area contributed by atoms with E-state index in [0.717, 1.165) is 11.3 Å². The molecule has 0 saturated carbocycles. The zero-order valence-electron chi connectivity index (χ0n) is 13.3. The largest absolute Gasteiger partial charge is 0.383 e. The van der Waals surface area contributed by atoms with Crippen LogP contribution < -0.4 is 5.32 Å². The van der Waals surface area contributed by atoms with Crippen molar-refractivity contribution >= 4 is 17.7 Å². The first-order chi connectivity index (χ1) is 9.95. The summed E-state index contributed by atoms with van der Waals surface area (Å²) in [6, 6.07) is 8.40. The van der Waals surface area contributed by atoms with Crippen LogP contribution in [0.1, 0.15) is 23.6 Å². The van der Waals surface area contributed by atoms with Crippen LogP contribution in [-0.4, -0.2) is 54.7 Å². The van der Waals surface area contributed by atoms with Crippen LogP contribution >= 0.6 is 11.8 Å². The van der Waals surface area contributed by atoms with Gasteiger partial charge in [0.15, 0.2) is 0 Å². The molecule has 1 amide bonds. The topological polar surface area (TPSA) is 52.6 Å². The number of aliphatic hydroxyl groups excluding tert-OH is 1. The van der Waals surface area contributed by atoms with Crippen molar-refractivity contribution in [3.05, 3.63) is 35.4 Å². The highest BCUT2D eigenvalue weighted by Gasteiger charge is 2.18. The molecule has 0 aliphatic carbocycles. The number of carbonyl (C=O) groups excluding carboxylic acids is 1. The number of nitrogens with one attached hydrogen (secondary N) is 1. The first-order valence-electron chi connectivity index (χ1n) is 7.13. The summed E-state index contributed by atoms with van der Waals surface area (Å²) in [4.78, 5) is 13.9. The minimum atomic E-state index is -0.918. The van der Waals surface area contributed by atoms with Gasteiger partial charge in [0, 0.05) is 6.54 Å². The van der Waals surface area contributed by atoms with E-state index in [1.165, 1.54) is 5.56 Å². The third-order valence-electron chi connectivity index (χ3n) is 3.45. The number of carbonyl (C=O) groups is 1. The Kier molecular flexibility index (Phi) is 7.78. The average molecular weight is 310 g/mol. The molecule has 4 nitrogen and oxygen atoms in total. The van der Waals surface area contributed by atoms with Crippen molar-refractivity contribution in [3.8, 4) is 0 Å². The second-order valence-corrected chi connectivity index (χ2v) is 6.42. The Labute approximate surface area is 131 Å². The quantitative estimate of drug-likeness (QED) is 0.769. The number of likely N-dealkylation sites (N-methyl/N-ethyl adjacent to an activating group) is 1. The molecule has 1 aromatic rings. The van der Waals surface area contributed by atoms with Gasteiger partial charge in [0.25, 0.3) is 0 Å². The Balaban J connectivity index is 2.59. The van der Waals surface area contributed by atoms with Gasteiger partial charge in [-0.2, -0.15) is 11.8 Å². The number of rotatable bonds is 8. The van der Waals surface area contributed by atoms with Gasteiger partial charge in [0.2, 0.25) is 5.91 Å². The summed E-state index contributed by atoms with van der Waals surface area (Å²) in [5, 5.41) is 12.6. The van der Waals surface area contributed by atoms with Crippen LogP contribution in [0.2, 0.25) is 0 Å². The lowest BCUT2D eigenvalue weighted by atomic mass is 10.0. The number of amides is 1. The van der Waals surface area contributed by atoms with Crippen LogP contribution in [-0.2, 0) is 4.79 Å². The third kappa shape index (κ3) is 6.08. The van der Waals surface area contributed by atoms with Gasteiger partial charge in [-0.3, -0.25) is 4.79 Å². The first-order valence-corrected chi connectivity index (χ1v) is 8.52. The van der Waals surface area contributed by atoms with Crippen molar-refractivity contribution in [1.82, 2.24) is 10.2 Å². The van der Waals surface area contributed by atoms with E-state index in [1.807, 2.05) is 20.4 Å². The number of thioether (sulfide) groups is 1. The smallest absolute Gasteiger partial charge is 0.248 e. The van der Waals surface area contributed by atoms with Crippen molar-refractivity contribution in [1.29, 1.82) is 0 Å². The maximum absolute atomic E-state index is 11.9. The Morgan fingerprint density at radius 2 is 1.95 bits per heavy atom. The number of hydrogen-bond acceptors (Lipinski definition) is 4. The van der Waals surface area contributed by atoms with Gasteiger partial charge in [-0.05, 0) is 45.0 Å². The molecule has 0 spiro atoms. The Morgan fingerprint density at radius 1 is 1.33 bits per heavy atom. The fourth-order valence-electron chi connectivity index (χ4n) is 2.06. The Morgan fingerprint density at radius 3 is 2.48 bits per heavy atom. The molecule has 2 N–H and O–H groups in total. The zero-order chi connectivity index (χ0) is 15.8. The monoisotopic (exact) mass is 310 g/mol. The molecule has 0 aliphatic rings. The molecule has 0 fully saturated rings. The van der Waals surface area contributed by atoms with E-state index in [0.29, 0.717) is 13.0 Å². The van der Waals surface area contributed by atoms with Crippen molar-refractivity contribution in [2.24, 2.45) is 0 Å². The van der Waals surface area contributed by atoms with E-state index in [9.17, 15) is 9.90 Å². The van der Waals surface area contributed by atoms with Gasteiger partial charge < -0.3 is 15.3 Å². The lowest BCUT2D eigenvalue weighted by molar-refractivity contribution is -0.129. The van der Waals surface area contributed by atoms with Crippen molar-refractivity contribution in [3.63, 3.8) is 0 Å². The maximum Gasteiger partial charge on any atom is 0.248 e. The van der Waals surface area contributed by atoms with Crippen LogP contribution in [0, 0.1) is 6.92 Å². The fourth-order valence-corrected chi connectivity index (χ4v) is 2.52. The molecule has 0 saturated heterocycles. The van der Waals surface area contributed by atoms with Crippen molar-refractivity contribution in [2.45, 2.75) is 25.5 Å². The zero-order valence-corrected chi connectivity index (χ0v) is 14.1. The van der Waals surface area contributed by atoms with Gasteiger partial charge >= 0.3 is 0 Å². The molecule has 5 heteroatoms. The molecule has 2 atom stereocenters. The maximum atomic E-state index is 11.9. The van der Waals surface area contributed by atoms with Crippen molar-refractivity contribution < 1.29 is 9.90 Å². The molecule has 0 aliphatic heterocycles. The number of aliphatic hydroxyl groups is 1. The highest BCUT2D eigenvalue weighted by Crippen LogP contribution is 2.18. The summed E-state index contributed by atoms with van der Waals surface area (Å²) in [5.41, 5.74) is 2.37. The van der Waals surface area contributed by atoms with E-state index < -0.39 is 6.10 Å². The summed E-state index contributed by atoms with van der Waals surface area (Å²) < 4.78 is 0. The molecule has 1 aromatic carbocycles. The van der Waals surface area contributed by atoms with Crippen LogP contribution in [0.4, 0.5) is 0 Å². The highest BCUT2D eigenvalue weighted by molar-refractivity contribution is 7.98. The van der Waals surface area contributed by atoms with E-state index in [-0.39, 0.29) is 11.9 Å². The Bertz CT molecular complexity index is 434. The van der Waals surface area contributed by atoms with E-state index >= 15 is 0 Å². The molecular weight excluding hydrogens is 284 g/mol. The molecule has 0 bridgehead atoms. The van der Waals surface area contributed by atoms with Gasteiger partial charge in [-0.1, -0.05) is 29.8 Å². The molecule has 21 heavy (non-hydrogen) atoms.